The Hall–Kier alpha value is -1.84. The molecule has 1 unspecified atom stereocenters. The number of para-hydroxylation sites is 1. The number of nitrogens with zero attached hydrogens (tertiary/aromatic N) is 2. The summed E-state index contributed by atoms with van der Waals surface area (Å²) in [7, 11) is 0. The molecule has 0 bridgehead atoms. The molecule has 1 aromatic heterocycles. The average Bonchev–Trinajstić information content (AvgIpc) is 2.87. The van der Waals surface area contributed by atoms with Crippen molar-refractivity contribution in [3.05, 3.63) is 41.5 Å². The molecule has 0 spiro atoms. The molecular weight excluding hydrogens is 226 g/mol. The SMILES string of the molecule is CCCc1nc(C2COc3ccccc3C2)n[nH]1. The Balaban J connectivity index is 1.78. The van der Waals surface area contributed by atoms with Gasteiger partial charge in [0.2, 0.25) is 0 Å². The van der Waals surface area contributed by atoms with Gasteiger partial charge < -0.3 is 4.74 Å². The van der Waals surface area contributed by atoms with Gasteiger partial charge in [0, 0.05) is 6.42 Å². The van der Waals surface area contributed by atoms with Crippen LogP contribution in [0.4, 0.5) is 0 Å². The molecule has 3 rings (SSSR count). The standard InChI is InChI=1S/C14H17N3O/c1-2-5-13-15-14(17-16-13)11-8-10-6-3-4-7-12(10)18-9-11/h3-4,6-7,11H,2,5,8-9H2,1H3,(H,15,16,17). The first kappa shape index (κ1) is 11.3. The maximum absolute atomic E-state index is 5.77. The maximum atomic E-state index is 5.77. The van der Waals surface area contributed by atoms with Crippen LogP contribution in [0.15, 0.2) is 24.3 Å². The smallest absolute Gasteiger partial charge is 0.157 e. The number of fused-ring (bicyclic) bond motifs is 1. The molecule has 4 heteroatoms. The molecule has 1 aliphatic rings. The van der Waals surface area contributed by atoms with Gasteiger partial charge in [0.25, 0.3) is 0 Å². The van der Waals surface area contributed by atoms with Crippen LogP contribution in [0, 0.1) is 0 Å². The first-order valence-corrected chi connectivity index (χ1v) is 6.48. The van der Waals surface area contributed by atoms with Crippen molar-refractivity contribution in [2.75, 3.05) is 6.61 Å². The molecular formula is C14H17N3O. The third-order valence-electron chi connectivity index (χ3n) is 3.28. The number of rotatable bonds is 3. The Kier molecular flexibility index (Phi) is 3.00. The van der Waals surface area contributed by atoms with E-state index in [2.05, 4.69) is 28.2 Å². The minimum atomic E-state index is 0.266. The van der Waals surface area contributed by atoms with Crippen molar-refractivity contribution in [2.45, 2.75) is 32.1 Å². The second-order valence-electron chi connectivity index (χ2n) is 4.71. The zero-order valence-electron chi connectivity index (χ0n) is 10.5. The van der Waals surface area contributed by atoms with Crippen molar-refractivity contribution < 1.29 is 4.74 Å². The predicted molar refractivity (Wildman–Crippen MR) is 68.8 cm³/mol. The number of benzene rings is 1. The Morgan fingerprint density at radius 2 is 2.28 bits per heavy atom. The molecule has 1 N–H and O–H groups in total. The molecule has 1 atom stereocenters. The second-order valence-corrected chi connectivity index (χ2v) is 4.71. The fourth-order valence-electron chi connectivity index (χ4n) is 2.34. The van der Waals surface area contributed by atoms with Crippen LogP contribution >= 0.6 is 0 Å². The van der Waals surface area contributed by atoms with Crippen LogP contribution in [0.1, 0.15) is 36.5 Å². The molecule has 1 aromatic carbocycles. The molecule has 2 aromatic rings. The Labute approximate surface area is 106 Å². The van der Waals surface area contributed by atoms with Crippen molar-refractivity contribution in [2.24, 2.45) is 0 Å². The minimum absolute atomic E-state index is 0.266. The molecule has 94 valence electrons. The Morgan fingerprint density at radius 1 is 1.39 bits per heavy atom. The average molecular weight is 243 g/mol. The molecule has 0 saturated carbocycles. The van der Waals surface area contributed by atoms with E-state index in [4.69, 9.17) is 4.74 Å². The molecule has 0 saturated heterocycles. The lowest BCUT2D eigenvalue weighted by Gasteiger charge is -2.23. The monoisotopic (exact) mass is 243 g/mol. The number of nitrogens with one attached hydrogen (secondary N) is 1. The highest BCUT2D eigenvalue weighted by Gasteiger charge is 2.24. The molecule has 4 nitrogen and oxygen atoms in total. The van der Waals surface area contributed by atoms with Crippen LogP contribution in [-0.4, -0.2) is 21.8 Å². The predicted octanol–water partition coefficient (Wildman–Crippen LogP) is 2.48. The van der Waals surface area contributed by atoms with Crippen LogP contribution in [0.3, 0.4) is 0 Å². The van der Waals surface area contributed by atoms with Crippen molar-refractivity contribution >= 4 is 0 Å². The van der Waals surface area contributed by atoms with Gasteiger partial charge >= 0.3 is 0 Å². The van der Waals surface area contributed by atoms with Gasteiger partial charge in [-0.3, -0.25) is 5.10 Å². The second kappa shape index (κ2) is 4.80. The van der Waals surface area contributed by atoms with E-state index in [0.717, 1.165) is 36.7 Å². The topological polar surface area (TPSA) is 50.8 Å². The van der Waals surface area contributed by atoms with E-state index in [1.807, 2.05) is 18.2 Å². The molecule has 0 aliphatic carbocycles. The fraction of sp³-hybridized carbons (Fsp3) is 0.429. The van der Waals surface area contributed by atoms with Crippen molar-refractivity contribution in [1.82, 2.24) is 15.2 Å². The zero-order chi connectivity index (χ0) is 12.4. The minimum Gasteiger partial charge on any atom is -0.493 e. The summed E-state index contributed by atoms with van der Waals surface area (Å²) in [5.41, 5.74) is 1.25. The number of aryl methyl sites for hydroxylation is 1. The highest BCUT2D eigenvalue weighted by molar-refractivity contribution is 5.36. The summed E-state index contributed by atoms with van der Waals surface area (Å²) in [5.74, 6) is 3.12. The summed E-state index contributed by atoms with van der Waals surface area (Å²) in [6, 6.07) is 8.18. The summed E-state index contributed by atoms with van der Waals surface area (Å²) in [4.78, 5) is 4.55. The fourth-order valence-corrected chi connectivity index (χ4v) is 2.34. The van der Waals surface area contributed by atoms with Crippen LogP contribution in [0.25, 0.3) is 0 Å². The van der Waals surface area contributed by atoms with Crippen LogP contribution in [0.2, 0.25) is 0 Å². The van der Waals surface area contributed by atoms with Gasteiger partial charge in [-0.1, -0.05) is 25.1 Å². The van der Waals surface area contributed by atoms with Crippen molar-refractivity contribution in [3.8, 4) is 5.75 Å². The van der Waals surface area contributed by atoms with E-state index < -0.39 is 0 Å². The summed E-state index contributed by atoms with van der Waals surface area (Å²) in [5, 5.41) is 7.33. The molecule has 0 radical (unpaired) electrons. The van der Waals surface area contributed by atoms with Crippen LogP contribution in [0.5, 0.6) is 5.75 Å². The highest BCUT2D eigenvalue weighted by atomic mass is 16.5. The molecule has 0 fully saturated rings. The Bertz CT molecular complexity index is 535. The number of aromatic amines is 1. The highest BCUT2D eigenvalue weighted by Crippen LogP contribution is 2.30. The van der Waals surface area contributed by atoms with Crippen molar-refractivity contribution in [1.29, 1.82) is 0 Å². The van der Waals surface area contributed by atoms with Gasteiger partial charge in [-0.05, 0) is 24.5 Å². The van der Waals surface area contributed by atoms with E-state index in [-0.39, 0.29) is 5.92 Å². The summed E-state index contributed by atoms with van der Waals surface area (Å²) < 4.78 is 5.77. The largest absolute Gasteiger partial charge is 0.493 e. The van der Waals surface area contributed by atoms with Crippen LogP contribution in [-0.2, 0) is 12.8 Å². The number of ether oxygens (including phenoxy) is 1. The van der Waals surface area contributed by atoms with Crippen molar-refractivity contribution in [3.63, 3.8) is 0 Å². The number of hydrogen-bond acceptors (Lipinski definition) is 3. The van der Waals surface area contributed by atoms with E-state index in [9.17, 15) is 0 Å². The molecule has 18 heavy (non-hydrogen) atoms. The number of H-pyrrole nitrogens is 1. The summed E-state index contributed by atoms with van der Waals surface area (Å²) in [6.45, 7) is 2.81. The maximum Gasteiger partial charge on any atom is 0.157 e. The normalized spacial score (nSPS) is 18.2. The Morgan fingerprint density at radius 3 is 3.17 bits per heavy atom. The lowest BCUT2D eigenvalue weighted by Crippen LogP contribution is -2.20. The molecule has 0 amide bonds. The van der Waals surface area contributed by atoms with Gasteiger partial charge in [-0.2, -0.15) is 5.10 Å². The van der Waals surface area contributed by atoms with Gasteiger partial charge in [-0.15, -0.1) is 0 Å². The quantitative estimate of drug-likeness (QED) is 0.901. The lowest BCUT2D eigenvalue weighted by molar-refractivity contribution is 0.258. The van der Waals surface area contributed by atoms with E-state index >= 15 is 0 Å². The third-order valence-corrected chi connectivity index (χ3v) is 3.28. The first-order chi connectivity index (χ1) is 8.86. The molecule has 2 heterocycles. The zero-order valence-corrected chi connectivity index (χ0v) is 10.5. The van der Waals surface area contributed by atoms with E-state index in [1.54, 1.807) is 0 Å². The summed E-state index contributed by atoms with van der Waals surface area (Å²) >= 11 is 0. The third kappa shape index (κ3) is 2.10. The van der Waals surface area contributed by atoms with Gasteiger partial charge in [0.1, 0.15) is 11.6 Å². The van der Waals surface area contributed by atoms with E-state index in [1.165, 1.54) is 5.56 Å². The molecule has 1 aliphatic heterocycles. The number of hydrogen-bond donors (Lipinski definition) is 1. The lowest BCUT2D eigenvalue weighted by atomic mass is 9.96. The van der Waals surface area contributed by atoms with E-state index in [0.29, 0.717) is 6.61 Å². The van der Waals surface area contributed by atoms with Gasteiger partial charge in [-0.25, -0.2) is 4.98 Å². The van der Waals surface area contributed by atoms with Gasteiger partial charge in [0.15, 0.2) is 5.82 Å². The summed E-state index contributed by atoms with van der Waals surface area (Å²) in [6.07, 6.45) is 3.00. The number of aromatic nitrogens is 3. The first-order valence-electron chi connectivity index (χ1n) is 6.48. The van der Waals surface area contributed by atoms with Gasteiger partial charge in [0.05, 0.1) is 12.5 Å². The van der Waals surface area contributed by atoms with Crippen LogP contribution < -0.4 is 4.74 Å².